The van der Waals surface area contributed by atoms with Crippen molar-refractivity contribution in [3.63, 3.8) is 0 Å². The smallest absolute Gasteiger partial charge is 0.126 e. The molecule has 3 rings (SSSR count). The van der Waals surface area contributed by atoms with E-state index in [0.717, 1.165) is 57.4 Å². The molecule has 2 nitrogen and oxygen atoms in total. The molecule has 1 aromatic rings. The minimum Gasteiger partial charge on any atom is -0.378 e. The molecule has 3 heteroatoms. The van der Waals surface area contributed by atoms with E-state index < -0.39 is 0 Å². The predicted molar refractivity (Wildman–Crippen MR) is 82.9 cm³/mol. The average molecular weight is 291 g/mol. The van der Waals surface area contributed by atoms with Gasteiger partial charge in [0.15, 0.2) is 0 Å². The van der Waals surface area contributed by atoms with Crippen molar-refractivity contribution in [1.29, 1.82) is 0 Å². The molecule has 2 aliphatic heterocycles. The number of nitrogens with one attached hydrogen (secondary N) is 1. The molecule has 1 N–H and O–H groups in total. The van der Waals surface area contributed by atoms with E-state index in [-0.39, 0.29) is 17.2 Å². The first-order valence-electron chi connectivity index (χ1n) is 8.32. The fraction of sp³-hybridized carbons (Fsp3) is 0.667. The van der Waals surface area contributed by atoms with Crippen LogP contribution in [0.1, 0.15) is 50.5 Å². The molecule has 2 heterocycles. The Morgan fingerprint density at radius 3 is 3.00 bits per heavy atom. The number of benzene rings is 1. The van der Waals surface area contributed by atoms with Crippen LogP contribution < -0.4 is 5.32 Å². The highest BCUT2D eigenvalue weighted by Gasteiger charge is 2.45. The van der Waals surface area contributed by atoms with Crippen LogP contribution in [0.15, 0.2) is 24.3 Å². The normalized spacial score (nSPS) is 33.2. The Labute approximate surface area is 127 Å². The molecular formula is C18H26FNO. The predicted octanol–water partition coefficient (Wildman–Crippen LogP) is 3.87. The first-order chi connectivity index (χ1) is 10.2. The molecule has 0 aromatic heterocycles. The van der Waals surface area contributed by atoms with Gasteiger partial charge in [0, 0.05) is 19.1 Å². The molecule has 0 amide bonds. The van der Waals surface area contributed by atoms with Crippen LogP contribution in [0.2, 0.25) is 0 Å². The molecule has 2 aliphatic rings. The summed E-state index contributed by atoms with van der Waals surface area (Å²) < 4.78 is 20.2. The van der Waals surface area contributed by atoms with E-state index in [4.69, 9.17) is 4.74 Å². The Hall–Kier alpha value is -0.930. The van der Waals surface area contributed by atoms with Crippen molar-refractivity contribution in [2.24, 2.45) is 5.41 Å². The van der Waals surface area contributed by atoms with Crippen molar-refractivity contribution < 1.29 is 9.13 Å². The minimum absolute atomic E-state index is 0.0518. The van der Waals surface area contributed by atoms with Crippen LogP contribution in [0.3, 0.4) is 0 Å². The summed E-state index contributed by atoms with van der Waals surface area (Å²) in [6.45, 7) is 4.97. The van der Waals surface area contributed by atoms with Gasteiger partial charge in [0.25, 0.3) is 0 Å². The monoisotopic (exact) mass is 291 g/mol. The summed E-state index contributed by atoms with van der Waals surface area (Å²) in [4.78, 5) is 0. The Kier molecular flexibility index (Phi) is 4.60. The summed E-state index contributed by atoms with van der Waals surface area (Å²) in [5.74, 6) is 0.222. The van der Waals surface area contributed by atoms with Gasteiger partial charge in [-0.1, -0.05) is 31.5 Å². The lowest BCUT2D eigenvalue weighted by atomic mass is 9.62. The van der Waals surface area contributed by atoms with Crippen molar-refractivity contribution in [2.75, 3.05) is 19.7 Å². The topological polar surface area (TPSA) is 21.3 Å². The highest BCUT2D eigenvalue weighted by Crippen LogP contribution is 2.50. The summed E-state index contributed by atoms with van der Waals surface area (Å²) in [5, 5.41) is 3.47. The van der Waals surface area contributed by atoms with Gasteiger partial charge in [-0.05, 0) is 49.3 Å². The van der Waals surface area contributed by atoms with Crippen molar-refractivity contribution in [1.82, 2.24) is 5.32 Å². The SMILES string of the molecule is CCCC1CC2(CCNCC2c2ccccc2F)CCO1. The fourth-order valence-corrected chi connectivity index (χ4v) is 4.27. The van der Waals surface area contributed by atoms with Gasteiger partial charge in [0.2, 0.25) is 0 Å². The van der Waals surface area contributed by atoms with Gasteiger partial charge in [-0.2, -0.15) is 0 Å². The van der Waals surface area contributed by atoms with Crippen LogP contribution in [0.25, 0.3) is 0 Å². The summed E-state index contributed by atoms with van der Waals surface area (Å²) >= 11 is 0. The standard InChI is InChI=1S/C18H26FNO/c1-2-5-14-12-18(9-11-21-14)8-10-20-13-16(18)15-6-3-4-7-17(15)19/h3-4,6-7,14,16,20H,2,5,8-13H2,1H3. The second-order valence-electron chi connectivity index (χ2n) is 6.63. The van der Waals surface area contributed by atoms with Gasteiger partial charge in [-0.3, -0.25) is 0 Å². The van der Waals surface area contributed by atoms with Crippen LogP contribution >= 0.6 is 0 Å². The van der Waals surface area contributed by atoms with Gasteiger partial charge in [-0.15, -0.1) is 0 Å². The molecular weight excluding hydrogens is 265 g/mol. The van der Waals surface area contributed by atoms with Crippen molar-refractivity contribution in [3.8, 4) is 0 Å². The summed E-state index contributed by atoms with van der Waals surface area (Å²) in [5.41, 5.74) is 1.10. The van der Waals surface area contributed by atoms with E-state index in [9.17, 15) is 4.39 Å². The molecule has 3 atom stereocenters. The van der Waals surface area contributed by atoms with Crippen molar-refractivity contribution >= 4 is 0 Å². The summed E-state index contributed by atoms with van der Waals surface area (Å²) in [7, 11) is 0. The van der Waals surface area contributed by atoms with Crippen LogP contribution in [-0.2, 0) is 4.74 Å². The highest BCUT2D eigenvalue weighted by atomic mass is 19.1. The maximum absolute atomic E-state index is 14.3. The van der Waals surface area contributed by atoms with Gasteiger partial charge < -0.3 is 10.1 Å². The zero-order valence-electron chi connectivity index (χ0n) is 12.9. The van der Waals surface area contributed by atoms with E-state index in [2.05, 4.69) is 12.2 Å². The number of ether oxygens (including phenoxy) is 1. The largest absolute Gasteiger partial charge is 0.378 e. The first kappa shape index (κ1) is 15.0. The quantitative estimate of drug-likeness (QED) is 0.913. The molecule has 0 bridgehead atoms. The Balaban J connectivity index is 1.88. The molecule has 2 saturated heterocycles. The maximum atomic E-state index is 14.3. The zero-order chi connectivity index (χ0) is 14.7. The van der Waals surface area contributed by atoms with Gasteiger partial charge >= 0.3 is 0 Å². The van der Waals surface area contributed by atoms with Crippen LogP contribution in [0.5, 0.6) is 0 Å². The second kappa shape index (κ2) is 6.45. The van der Waals surface area contributed by atoms with Crippen molar-refractivity contribution in [2.45, 2.75) is 51.0 Å². The number of halogens is 1. The highest BCUT2D eigenvalue weighted by molar-refractivity contribution is 5.26. The number of hydrogen-bond acceptors (Lipinski definition) is 2. The minimum atomic E-state index is -0.0518. The van der Waals surface area contributed by atoms with Crippen LogP contribution in [0, 0.1) is 11.2 Å². The maximum Gasteiger partial charge on any atom is 0.126 e. The number of piperidine rings is 1. The van der Waals surface area contributed by atoms with E-state index in [1.807, 2.05) is 12.1 Å². The lowest BCUT2D eigenvalue weighted by Gasteiger charge is -2.49. The molecule has 0 saturated carbocycles. The van der Waals surface area contributed by atoms with E-state index in [1.165, 1.54) is 0 Å². The zero-order valence-corrected chi connectivity index (χ0v) is 12.9. The third-order valence-electron chi connectivity index (χ3n) is 5.37. The van der Waals surface area contributed by atoms with Crippen LogP contribution in [-0.4, -0.2) is 25.8 Å². The molecule has 21 heavy (non-hydrogen) atoms. The lowest BCUT2D eigenvalue weighted by Crippen LogP contribution is -2.48. The Bertz CT molecular complexity index is 472. The third kappa shape index (κ3) is 3.00. The van der Waals surface area contributed by atoms with E-state index in [0.29, 0.717) is 6.10 Å². The van der Waals surface area contributed by atoms with E-state index >= 15 is 0 Å². The number of rotatable bonds is 3. The second-order valence-corrected chi connectivity index (χ2v) is 6.63. The molecule has 0 aliphatic carbocycles. The molecule has 0 radical (unpaired) electrons. The van der Waals surface area contributed by atoms with Gasteiger partial charge in [0.05, 0.1) is 6.10 Å². The summed E-state index contributed by atoms with van der Waals surface area (Å²) in [6, 6.07) is 7.31. The molecule has 1 aromatic carbocycles. The van der Waals surface area contributed by atoms with Gasteiger partial charge in [0.1, 0.15) is 5.82 Å². The number of hydrogen-bond donors (Lipinski definition) is 1. The fourth-order valence-electron chi connectivity index (χ4n) is 4.27. The lowest BCUT2D eigenvalue weighted by molar-refractivity contribution is -0.0714. The Morgan fingerprint density at radius 2 is 2.19 bits per heavy atom. The average Bonchev–Trinajstić information content (AvgIpc) is 2.49. The first-order valence-corrected chi connectivity index (χ1v) is 8.32. The molecule has 116 valence electrons. The summed E-state index contributed by atoms with van der Waals surface area (Å²) in [6.07, 6.45) is 5.92. The van der Waals surface area contributed by atoms with E-state index in [1.54, 1.807) is 12.1 Å². The Morgan fingerprint density at radius 1 is 1.33 bits per heavy atom. The molecule has 1 spiro atoms. The third-order valence-corrected chi connectivity index (χ3v) is 5.37. The molecule has 3 unspecified atom stereocenters. The van der Waals surface area contributed by atoms with Crippen molar-refractivity contribution in [3.05, 3.63) is 35.6 Å². The van der Waals surface area contributed by atoms with Gasteiger partial charge in [-0.25, -0.2) is 4.39 Å². The molecule has 2 fully saturated rings. The van der Waals surface area contributed by atoms with Crippen LogP contribution in [0.4, 0.5) is 4.39 Å².